The van der Waals surface area contributed by atoms with E-state index in [1.165, 1.54) is 6.20 Å². The number of nitrogens with two attached hydrogens (primary N) is 1. The Morgan fingerprint density at radius 2 is 2.26 bits per heavy atom. The lowest BCUT2D eigenvalue weighted by molar-refractivity contribution is 0.0694. The molecule has 2 aliphatic heterocycles. The van der Waals surface area contributed by atoms with E-state index in [1.54, 1.807) is 4.57 Å². The highest BCUT2D eigenvalue weighted by Crippen LogP contribution is 2.31. The van der Waals surface area contributed by atoms with E-state index in [2.05, 4.69) is 10.3 Å². The molecule has 9 heteroatoms. The normalized spacial score (nSPS) is 21.3. The number of piperazine rings is 1. The van der Waals surface area contributed by atoms with Gasteiger partial charge in [0.15, 0.2) is 11.6 Å². The van der Waals surface area contributed by atoms with E-state index in [9.17, 15) is 19.1 Å². The molecule has 8 nitrogen and oxygen atoms in total. The topological polar surface area (TPSA) is 113 Å². The highest BCUT2D eigenvalue weighted by Gasteiger charge is 2.39. The average molecular weight is 375 g/mol. The van der Waals surface area contributed by atoms with Crippen LogP contribution in [-0.2, 0) is 6.54 Å². The molecule has 2 fully saturated rings. The fraction of sp³-hybridized carbons (Fsp3) is 0.500. The van der Waals surface area contributed by atoms with Crippen LogP contribution in [0.4, 0.5) is 10.2 Å². The predicted octanol–water partition coefficient (Wildman–Crippen LogP) is 0.523. The van der Waals surface area contributed by atoms with Gasteiger partial charge in [-0.05, 0) is 31.9 Å². The minimum absolute atomic E-state index is 0.00798. The fourth-order valence-electron chi connectivity index (χ4n) is 4.05. The smallest absolute Gasteiger partial charge is 0.341 e. The standard InChI is InChI=1S/C18H22FN5O3/c19-14-6-12-15(25)13(18(26)27)9-23(4-2-1-3-20)16(12)22-17(14)24-8-10-5-11(24)7-21-10/h6,9-11,21H,1-5,7-8,20H2,(H,26,27)/t10-,11-/m0/s1. The zero-order valence-electron chi connectivity index (χ0n) is 14.8. The van der Waals surface area contributed by atoms with Crippen molar-refractivity contribution in [3.05, 3.63) is 33.9 Å². The van der Waals surface area contributed by atoms with Gasteiger partial charge in [-0.25, -0.2) is 14.2 Å². The predicted molar refractivity (Wildman–Crippen MR) is 98.8 cm³/mol. The monoisotopic (exact) mass is 375 g/mol. The summed E-state index contributed by atoms with van der Waals surface area (Å²) in [7, 11) is 0. The molecule has 2 bridgehead atoms. The minimum Gasteiger partial charge on any atom is -0.477 e. The molecule has 0 spiro atoms. The molecule has 0 aliphatic carbocycles. The quantitative estimate of drug-likeness (QED) is 0.631. The van der Waals surface area contributed by atoms with Crippen LogP contribution in [0.25, 0.3) is 11.0 Å². The number of rotatable bonds is 6. The number of anilines is 1. The molecule has 144 valence electrons. The van der Waals surface area contributed by atoms with Crippen LogP contribution < -0.4 is 21.4 Å². The van der Waals surface area contributed by atoms with Gasteiger partial charge < -0.3 is 25.6 Å². The highest BCUT2D eigenvalue weighted by atomic mass is 19.1. The lowest BCUT2D eigenvalue weighted by atomic mass is 10.1. The minimum atomic E-state index is -1.33. The molecule has 2 aromatic rings. The van der Waals surface area contributed by atoms with E-state index in [4.69, 9.17) is 5.73 Å². The van der Waals surface area contributed by atoms with Crippen molar-refractivity contribution < 1.29 is 14.3 Å². The van der Waals surface area contributed by atoms with Crippen LogP contribution in [0.15, 0.2) is 17.1 Å². The number of pyridine rings is 2. The van der Waals surface area contributed by atoms with Gasteiger partial charge in [0.25, 0.3) is 0 Å². The van der Waals surface area contributed by atoms with Gasteiger partial charge in [0.05, 0.1) is 5.39 Å². The second-order valence-corrected chi connectivity index (χ2v) is 7.18. The second kappa shape index (κ2) is 6.90. The summed E-state index contributed by atoms with van der Waals surface area (Å²) in [6, 6.07) is 1.64. The van der Waals surface area contributed by atoms with Crippen LogP contribution in [0.3, 0.4) is 0 Å². The molecule has 4 N–H and O–H groups in total. The van der Waals surface area contributed by atoms with Crippen molar-refractivity contribution in [3.8, 4) is 0 Å². The van der Waals surface area contributed by atoms with Gasteiger partial charge in [-0.2, -0.15) is 0 Å². The number of nitrogens with one attached hydrogen (secondary N) is 1. The lowest BCUT2D eigenvalue weighted by Crippen LogP contribution is -2.44. The number of halogens is 1. The Morgan fingerprint density at radius 1 is 1.44 bits per heavy atom. The number of unbranched alkanes of at least 4 members (excludes halogenated alkanes) is 1. The van der Waals surface area contributed by atoms with Gasteiger partial charge in [0.2, 0.25) is 5.43 Å². The summed E-state index contributed by atoms with van der Waals surface area (Å²) in [6.45, 7) is 2.43. The van der Waals surface area contributed by atoms with Crippen LogP contribution in [0.5, 0.6) is 0 Å². The third-order valence-electron chi connectivity index (χ3n) is 5.40. The number of carboxylic acids is 1. The molecule has 0 aromatic carbocycles. The molecule has 4 rings (SSSR count). The maximum absolute atomic E-state index is 14.8. The molecule has 0 saturated carbocycles. The van der Waals surface area contributed by atoms with Crippen LogP contribution in [0.1, 0.15) is 29.6 Å². The van der Waals surface area contributed by atoms with Gasteiger partial charge in [0, 0.05) is 37.9 Å². The molecule has 2 atom stereocenters. The van der Waals surface area contributed by atoms with E-state index >= 15 is 0 Å². The third kappa shape index (κ3) is 3.06. The van der Waals surface area contributed by atoms with Crippen molar-refractivity contribution in [3.63, 3.8) is 0 Å². The first-order valence-corrected chi connectivity index (χ1v) is 9.16. The number of hydrogen-bond acceptors (Lipinski definition) is 6. The summed E-state index contributed by atoms with van der Waals surface area (Å²) in [5.41, 5.74) is 4.76. The van der Waals surface area contributed by atoms with Crippen molar-refractivity contribution in [1.29, 1.82) is 0 Å². The fourth-order valence-corrected chi connectivity index (χ4v) is 4.05. The molecule has 4 heterocycles. The molecule has 0 unspecified atom stereocenters. The summed E-state index contributed by atoms with van der Waals surface area (Å²) in [5.74, 6) is -1.70. The lowest BCUT2D eigenvalue weighted by Gasteiger charge is -2.29. The molecular weight excluding hydrogens is 353 g/mol. The second-order valence-electron chi connectivity index (χ2n) is 7.18. The maximum Gasteiger partial charge on any atom is 0.341 e. The Balaban J connectivity index is 1.85. The molecule has 27 heavy (non-hydrogen) atoms. The molecule has 2 saturated heterocycles. The van der Waals surface area contributed by atoms with E-state index in [-0.39, 0.29) is 22.8 Å². The van der Waals surface area contributed by atoms with Gasteiger partial charge in [-0.3, -0.25) is 4.79 Å². The van der Waals surface area contributed by atoms with E-state index in [0.29, 0.717) is 37.7 Å². The summed E-state index contributed by atoms with van der Waals surface area (Å²) < 4.78 is 16.4. The number of carboxylic acid groups (broad SMARTS) is 1. The number of hydrogen-bond donors (Lipinski definition) is 3. The Labute approximate surface area is 154 Å². The molecule has 0 amide bonds. The summed E-state index contributed by atoms with van der Waals surface area (Å²) >= 11 is 0. The first kappa shape index (κ1) is 17.9. The maximum atomic E-state index is 14.8. The Kier molecular flexibility index (Phi) is 4.56. The van der Waals surface area contributed by atoms with Gasteiger partial charge in [-0.1, -0.05) is 0 Å². The Hall–Kier alpha value is -2.52. The van der Waals surface area contributed by atoms with Crippen LogP contribution in [0.2, 0.25) is 0 Å². The number of nitrogens with zero attached hydrogens (tertiary/aromatic N) is 3. The summed E-state index contributed by atoms with van der Waals surface area (Å²) in [5, 5.41) is 12.7. The van der Waals surface area contributed by atoms with Gasteiger partial charge in [-0.15, -0.1) is 0 Å². The van der Waals surface area contributed by atoms with Crippen LogP contribution in [-0.4, -0.2) is 52.3 Å². The first-order valence-electron chi connectivity index (χ1n) is 9.16. The van der Waals surface area contributed by atoms with E-state index < -0.39 is 17.2 Å². The van der Waals surface area contributed by atoms with E-state index in [0.717, 1.165) is 25.5 Å². The van der Waals surface area contributed by atoms with Gasteiger partial charge in [0.1, 0.15) is 11.2 Å². The summed E-state index contributed by atoms with van der Waals surface area (Å²) in [6.07, 6.45) is 3.71. The number of carbonyl (C=O) groups is 1. The van der Waals surface area contributed by atoms with Crippen LogP contribution in [0, 0.1) is 5.82 Å². The molecule has 0 radical (unpaired) electrons. The molecular formula is C18H22FN5O3. The van der Waals surface area contributed by atoms with E-state index in [1.807, 2.05) is 4.90 Å². The zero-order chi connectivity index (χ0) is 19.1. The zero-order valence-corrected chi connectivity index (χ0v) is 14.8. The Morgan fingerprint density at radius 3 is 2.89 bits per heavy atom. The van der Waals surface area contributed by atoms with Crippen LogP contribution >= 0.6 is 0 Å². The van der Waals surface area contributed by atoms with Crippen molar-refractivity contribution in [2.45, 2.75) is 37.9 Å². The third-order valence-corrected chi connectivity index (χ3v) is 5.40. The largest absolute Gasteiger partial charge is 0.477 e. The van der Waals surface area contributed by atoms with Crippen molar-refractivity contribution >= 4 is 22.8 Å². The summed E-state index contributed by atoms with van der Waals surface area (Å²) in [4.78, 5) is 30.4. The SMILES string of the molecule is NCCCCn1cc(C(=O)O)c(=O)c2cc(F)c(N3C[C@@H]4C[C@H]3CN4)nc21. The number of aromatic nitrogens is 2. The Bertz CT molecular complexity index is 960. The number of fused-ring (bicyclic) bond motifs is 3. The van der Waals surface area contributed by atoms with Crippen molar-refractivity contribution in [2.75, 3.05) is 24.5 Å². The molecule has 2 aliphatic rings. The van der Waals surface area contributed by atoms with Crippen molar-refractivity contribution in [1.82, 2.24) is 14.9 Å². The highest BCUT2D eigenvalue weighted by molar-refractivity contribution is 5.92. The first-order chi connectivity index (χ1) is 13.0. The number of aryl methyl sites for hydroxylation is 1. The average Bonchev–Trinajstić information content (AvgIpc) is 3.26. The van der Waals surface area contributed by atoms with Crippen molar-refractivity contribution in [2.24, 2.45) is 5.73 Å². The van der Waals surface area contributed by atoms with Gasteiger partial charge >= 0.3 is 5.97 Å². The molecule has 2 aromatic heterocycles. The number of aromatic carboxylic acids is 1.